The molecular weight excluding hydrogens is 387 g/mol. The number of nitrogens with zero attached hydrogens (tertiary/aromatic N) is 2. The van der Waals surface area contributed by atoms with Crippen LogP contribution >= 0.6 is 11.6 Å². The maximum atomic E-state index is 13.6. The quantitative estimate of drug-likeness (QED) is 0.774. The van der Waals surface area contributed by atoms with Crippen molar-refractivity contribution in [2.45, 2.75) is 32.1 Å². The van der Waals surface area contributed by atoms with E-state index in [1.165, 1.54) is 6.07 Å². The van der Waals surface area contributed by atoms with E-state index in [-0.39, 0.29) is 0 Å². The number of hydrogen-bond acceptors (Lipinski definition) is 3. The summed E-state index contributed by atoms with van der Waals surface area (Å²) in [6.45, 7) is 5.54. The largest absolute Gasteiger partial charge is 0.416 e. The Kier molecular flexibility index (Phi) is 5.19. The molecule has 7 heteroatoms. The van der Waals surface area contributed by atoms with Crippen molar-refractivity contribution in [1.82, 2.24) is 5.32 Å². The number of piperazine rings is 1. The van der Waals surface area contributed by atoms with E-state index in [0.717, 1.165) is 36.6 Å². The molecule has 1 N–H and O–H groups in total. The highest BCUT2D eigenvalue weighted by atomic mass is 35.5. The molecule has 0 aliphatic carbocycles. The molecule has 4 rings (SSSR count). The number of nitrogens with one attached hydrogen (secondary N) is 1. The van der Waals surface area contributed by atoms with Gasteiger partial charge in [0.2, 0.25) is 0 Å². The normalized spacial score (nSPS) is 20.2. The lowest BCUT2D eigenvalue weighted by atomic mass is 9.91. The highest BCUT2D eigenvalue weighted by Crippen LogP contribution is 2.40. The standard InChI is InChI=1S/C21H23ClF3N3/c1-14-12-28(11-9-26-14)20-7-6-19(21(23,24)25)17-8-10-27(13-18(17)20)16-4-2-15(22)3-5-16/h2-7,14,26H,8-13H2,1H3/t14-/m1/s1. The zero-order chi connectivity index (χ0) is 19.9. The second kappa shape index (κ2) is 7.48. The third kappa shape index (κ3) is 3.80. The van der Waals surface area contributed by atoms with E-state index in [1.807, 2.05) is 24.3 Å². The van der Waals surface area contributed by atoms with Gasteiger partial charge in [-0.2, -0.15) is 13.2 Å². The van der Waals surface area contributed by atoms with E-state index in [9.17, 15) is 13.2 Å². The number of anilines is 2. The fourth-order valence-corrected chi connectivity index (χ4v) is 4.37. The lowest BCUT2D eigenvalue weighted by Crippen LogP contribution is -2.50. The number of rotatable bonds is 2. The lowest BCUT2D eigenvalue weighted by molar-refractivity contribution is -0.138. The second-order valence-electron chi connectivity index (χ2n) is 7.54. The van der Waals surface area contributed by atoms with Gasteiger partial charge < -0.3 is 15.1 Å². The van der Waals surface area contributed by atoms with Crippen molar-refractivity contribution in [3.63, 3.8) is 0 Å². The average molecular weight is 410 g/mol. The summed E-state index contributed by atoms with van der Waals surface area (Å²) in [4.78, 5) is 4.35. The van der Waals surface area contributed by atoms with Crippen molar-refractivity contribution in [1.29, 1.82) is 0 Å². The van der Waals surface area contributed by atoms with Crippen molar-refractivity contribution in [2.75, 3.05) is 36.0 Å². The highest BCUT2D eigenvalue weighted by Gasteiger charge is 2.37. The molecule has 0 bridgehead atoms. The maximum Gasteiger partial charge on any atom is 0.416 e. The van der Waals surface area contributed by atoms with Crippen LogP contribution in [-0.2, 0) is 19.1 Å². The average Bonchev–Trinajstić information content (AvgIpc) is 2.66. The molecule has 1 saturated heterocycles. The molecule has 2 aromatic rings. The summed E-state index contributed by atoms with van der Waals surface area (Å²) in [5, 5.41) is 4.04. The molecule has 0 saturated carbocycles. The summed E-state index contributed by atoms with van der Waals surface area (Å²) in [6.07, 6.45) is -3.95. The van der Waals surface area contributed by atoms with Gasteiger partial charge in [-0.15, -0.1) is 0 Å². The van der Waals surface area contributed by atoms with Crippen molar-refractivity contribution in [3.05, 3.63) is 58.1 Å². The number of fused-ring (bicyclic) bond motifs is 1. The van der Waals surface area contributed by atoms with Gasteiger partial charge in [-0.3, -0.25) is 0 Å². The van der Waals surface area contributed by atoms with Gasteiger partial charge in [0, 0.05) is 55.2 Å². The van der Waals surface area contributed by atoms with Crippen LogP contribution in [-0.4, -0.2) is 32.2 Å². The van der Waals surface area contributed by atoms with Crippen molar-refractivity contribution >= 4 is 23.0 Å². The van der Waals surface area contributed by atoms with E-state index < -0.39 is 11.7 Å². The molecular formula is C21H23ClF3N3. The first kappa shape index (κ1) is 19.4. The van der Waals surface area contributed by atoms with Crippen LogP contribution in [0, 0.1) is 0 Å². The van der Waals surface area contributed by atoms with Crippen LogP contribution in [0.15, 0.2) is 36.4 Å². The number of benzene rings is 2. The van der Waals surface area contributed by atoms with Gasteiger partial charge in [-0.25, -0.2) is 0 Å². The first-order valence-corrected chi connectivity index (χ1v) is 9.91. The molecule has 1 fully saturated rings. The van der Waals surface area contributed by atoms with Gasteiger partial charge in [0.1, 0.15) is 0 Å². The fraction of sp³-hybridized carbons (Fsp3) is 0.429. The number of alkyl halides is 3. The minimum absolute atomic E-state index is 0.308. The topological polar surface area (TPSA) is 18.5 Å². The Morgan fingerprint density at radius 1 is 1.00 bits per heavy atom. The Morgan fingerprint density at radius 3 is 2.43 bits per heavy atom. The number of hydrogen-bond donors (Lipinski definition) is 1. The van der Waals surface area contributed by atoms with Crippen molar-refractivity contribution in [2.24, 2.45) is 0 Å². The molecule has 2 aliphatic rings. The summed E-state index contributed by atoms with van der Waals surface area (Å²) < 4.78 is 40.9. The Morgan fingerprint density at radius 2 is 1.75 bits per heavy atom. The van der Waals surface area contributed by atoms with E-state index in [2.05, 4.69) is 22.0 Å². The monoisotopic (exact) mass is 409 g/mol. The Bertz CT molecular complexity index is 851. The molecule has 3 nitrogen and oxygen atoms in total. The summed E-state index contributed by atoms with van der Waals surface area (Å²) in [7, 11) is 0. The lowest BCUT2D eigenvalue weighted by Gasteiger charge is -2.39. The Balaban J connectivity index is 1.74. The molecule has 1 atom stereocenters. The first-order chi connectivity index (χ1) is 13.3. The van der Waals surface area contributed by atoms with E-state index in [0.29, 0.717) is 36.1 Å². The molecule has 2 aromatic carbocycles. The highest BCUT2D eigenvalue weighted by molar-refractivity contribution is 6.30. The minimum Gasteiger partial charge on any atom is -0.368 e. The van der Waals surface area contributed by atoms with Crippen LogP contribution in [0.2, 0.25) is 5.02 Å². The van der Waals surface area contributed by atoms with E-state index >= 15 is 0 Å². The van der Waals surface area contributed by atoms with Crippen LogP contribution in [0.4, 0.5) is 24.5 Å². The predicted molar refractivity (Wildman–Crippen MR) is 107 cm³/mol. The molecule has 0 spiro atoms. The molecule has 150 valence electrons. The smallest absolute Gasteiger partial charge is 0.368 e. The molecule has 0 aromatic heterocycles. The van der Waals surface area contributed by atoms with Crippen LogP contribution in [0.5, 0.6) is 0 Å². The predicted octanol–water partition coefficient (Wildman–Crippen LogP) is 4.72. The molecule has 0 amide bonds. The van der Waals surface area contributed by atoms with Crippen LogP contribution in [0.1, 0.15) is 23.6 Å². The summed E-state index contributed by atoms with van der Waals surface area (Å²) in [6, 6.07) is 10.7. The zero-order valence-corrected chi connectivity index (χ0v) is 16.4. The third-order valence-electron chi connectivity index (χ3n) is 5.59. The van der Waals surface area contributed by atoms with E-state index in [1.54, 1.807) is 6.07 Å². The summed E-state index contributed by atoms with van der Waals surface area (Å²) in [5.41, 5.74) is 2.65. The van der Waals surface area contributed by atoms with Gasteiger partial charge >= 0.3 is 6.18 Å². The van der Waals surface area contributed by atoms with Crippen LogP contribution < -0.4 is 15.1 Å². The minimum atomic E-state index is -4.33. The van der Waals surface area contributed by atoms with Gasteiger partial charge in [0.05, 0.1) is 5.56 Å². The Labute approximate surface area is 168 Å². The molecule has 0 unspecified atom stereocenters. The van der Waals surface area contributed by atoms with Crippen LogP contribution in [0.25, 0.3) is 0 Å². The van der Waals surface area contributed by atoms with Gasteiger partial charge in [-0.05, 0) is 60.9 Å². The summed E-state index contributed by atoms with van der Waals surface area (Å²) >= 11 is 5.99. The zero-order valence-electron chi connectivity index (χ0n) is 15.7. The van der Waals surface area contributed by atoms with Crippen molar-refractivity contribution in [3.8, 4) is 0 Å². The number of halogens is 4. The second-order valence-corrected chi connectivity index (χ2v) is 7.97. The fourth-order valence-electron chi connectivity index (χ4n) is 4.24. The maximum absolute atomic E-state index is 13.6. The van der Waals surface area contributed by atoms with Gasteiger partial charge in [0.15, 0.2) is 0 Å². The van der Waals surface area contributed by atoms with Gasteiger partial charge in [0.25, 0.3) is 0 Å². The molecule has 2 heterocycles. The Hall–Kier alpha value is -1.92. The first-order valence-electron chi connectivity index (χ1n) is 9.54. The third-order valence-corrected chi connectivity index (χ3v) is 5.85. The van der Waals surface area contributed by atoms with E-state index in [4.69, 9.17) is 11.6 Å². The van der Waals surface area contributed by atoms with Crippen molar-refractivity contribution < 1.29 is 13.2 Å². The van der Waals surface area contributed by atoms with Gasteiger partial charge in [-0.1, -0.05) is 11.6 Å². The summed E-state index contributed by atoms with van der Waals surface area (Å²) in [5.74, 6) is 0. The molecule has 2 aliphatic heterocycles. The van der Waals surface area contributed by atoms with Crippen LogP contribution in [0.3, 0.4) is 0 Å². The molecule has 28 heavy (non-hydrogen) atoms. The SMILES string of the molecule is C[C@@H]1CN(c2ccc(C(F)(F)F)c3c2CN(c2ccc(Cl)cc2)CC3)CCN1. The molecule has 0 radical (unpaired) electrons.